The number of methoxy groups -OCH3 is 1. The van der Waals surface area contributed by atoms with E-state index in [0.717, 1.165) is 61.3 Å². The number of rotatable bonds is 10. The molecule has 1 N–H and O–H groups in total. The highest BCUT2D eigenvalue weighted by Crippen LogP contribution is 2.33. The van der Waals surface area contributed by atoms with Crippen LogP contribution in [0.4, 0.5) is 0 Å². The van der Waals surface area contributed by atoms with Crippen molar-refractivity contribution < 1.29 is 23.8 Å². The standard InChI is InChI=1S/C25H35NO5/c1-16(2)22(25(27)28)12-11-18-7-5-10-21(13-18)30-15-23-17(3)31-24(26-23)19-8-6-9-20(14-19)29-4/h6,8-9,14,16,18,21-22H,5,7,10-13,15H2,1-4H3,(H,27,28). The largest absolute Gasteiger partial charge is 0.497 e. The van der Waals surface area contributed by atoms with Gasteiger partial charge in [0, 0.05) is 5.56 Å². The van der Waals surface area contributed by atoms with Gasteiger partial charge in [0.25, 0.3) is 0 Å². The van der Waals surface area contributed by atoms with Crippen LogP contribution in [-0.4, -0.2) is 29.3 Å². The minimum Gasteiger partial charge on any atom is -0.497 e. The molecule has 1 aliphatic carbocycles. The van der Waals surface area contributed by atoms with E-state index < -0.39 is 5.97 Å². The first-order chi connectivity index (χ1) is 14.9. The highest BCUT2D eigenvalue weighted by Gasteiger charge is 2.27. The molecular formula is C25H35NO5. The number of benzene rings is 1. The van der Waals surface area contributed by atoms with Crippen molar-refractivity contribution in [2.45, 2.75) is 72.0 Å². The van der Waals surface area contributed by atoms with Crippen molar-refractivity contribution in [2.24, 2.45) is 17.8 Å². The molecule has 0 aliphatic heterocycles. The number of aryl methyl sites for hydroxylation is 1. The maximum atomic E-state index is 11.5. The number of aliphatic carboxylic acids is 1. The molecule has 0 bridgehead atoms. The second kappa shape index (κ2) is 10.8. The van der Waals surface area contributed by atoms with Crippen molar-refractivity contribution in [3.05, 3.63) is 35.7 Å². The molecule has 31 heavy (non-hydrogen) atoms. The third-order valence-corrected chi connectivity index (χ3v) is 6.41. The van der Waals surface area contributed by atoms with Gasteiger partial charge in [-0.05, 0) is 62.6 Å². The van der Waals surface area contributed by atoms with E-state index in [9.17, 15) is 9.90 Å². The zero-order chi connectivity index (χ0) is 22.4. The van der Waals surface area contributed by atoms with E-state index in [0.29, 0.717) is 18.4 Å². The Morgan fingerprint density at radius 1 is 1.32 bits per heavy atom. The summed E-state index contributed by atoms with van der Waals surface area (Å²) >= 11 is 0. The fourth-order valence-corrected chi connectivity index (χ4v) is 4.45. The molecule has 1 aromatic heterocycles. The van der Waals surface area contributed by atoms with Crippen LogP contribution in [-0.2, 0) is 16.1 Å². The summed E-state index contributed by atoms with van der Waals surface area (Å²) in [5, 5.41) is 9.43. The topological polar surface area (TPSA) is 81.8 Å². The van der Waals surface area contributed by atoms with Gasteiger partial charge in [-0.2, -0.15) is 0 Å². The Labute approximate surface area is 185 Å². The zero-order valence-corrected chi connectivity index (χ0v) is 19.1. The minimum atomic E-state index is -0.674. The van der Waals surface area contributed by atoms with Gasteiger partial charge in [0.2, 0.25) is 5.89 Å². The molecule has 0 radical (unpaired) electrons. The van der Waals surface area contributed by atoms with Crippen molar-refractivity contribution in [2.75, 3.05) is 7.11 Å². The van der Waals surface area contributed by atoms with Crippen LogP contribution in [0.2, 0.25) is 0 Å². The normalized spacial score (nSPS) is 20.0. The number of nitrogens with zero attached hydrogens (tertiary/aromatic N) is 1. The summed E-state index contributed by atoms with van der Waals surface area (Å²) in [4.78, 5) is 16.1. The van der Waals surface area contributed by atoms with Gasteiger partial charge in [-0.25, -0.2) is 4.98 Å². The lowest BCUT2D eigenvalue weighted by molar-refractivity contribution is -0.143. The van der Waals surface area contributed by atoms with Gasteiger partial charge in [0.1, 0.15) is 17.2 Å². The first-order valence-electron chi connectivity index (χ1n) is 11.3. The monoisotopic (exact) mass is 429 g/mol. The van der Waals surface area contributed by atoms with E-state index in [1.807, 2.05) is 45.0 Å². The molecule has 1 aliphatic rings. The quantitative estimate of drug-likeness (QED) is 0.508. The fourth-order valence-electron chi connectivity index (χ4n) is 4.45. The Balaban J connectivity index is 1.54. The number of ether oxygens (including phenoxy) is 2. The SMILES string of the molecule is COc1cccc(-c2nc(COC3CCCC(CCC(C(=O)O)C(C)C)C3)c(C)o2)c1. The number of carboxylic acids is 1. The van der Waals surface area contributed by atoms with Gasteiger partial charge in [-0.3, -0.25) is 4.79 Å². The average Bonchev–Trinajstić information content (AvgIpc) is 3.13. The van der Waals surface area contributed by atoms with Gasteiger partial charge in [-0.15, -0.1) is 0 Å². The maximum Gasteiger partial charge on any atom is 0.306 e. The molecule has 1 saturated carbocycles. The van der Waals surface area contributed by atoms with Gasteiger partial charge in [0.05, 0.1) is 25.7 Å². The van der Waals surface area contributed by atoms with Gasteiger partial charge in [-0.1, -0.05) is 32.8 Å². The van der Waals surface area contributed by atoms with Crippen LogP contribution in [0.5, 0.6) is 5.75 Å². The molecule has 1 fully saturated rings. The molecule has 6 nitrogen and oxygen atoms in total. The number of aromatic nitrogens is 1. The molecular weight excluding hydrogens is 394 g/mol. The Morgan fingerprint density at radius 3 is 2.84 bits per heavy atom. The lowest BCUT2D eigenvalue weighted by Crippen LogP contribution is -2.25. The fraction of sp³-hybridized carbons (Fsp3) is 0.600. The molecule has 3 atom stereocenters. The lowest BCUT2D eigenvalue weighted by atomic mass is 9.81. The molecule has 1 aromatic carbocycles. The van der Waals surface area contributed by atoms with Crippen molar-refractivity contribution in [1.82, 2.24) is 4.98 Å². The average molecular weight is 430 g/mol. The summed E-state index contributed by atoms with van der Waals surface area (Å²) in [6.45, 7) is 6.33. The first kappa shape index (κ1) is 23.3. The molecule has 3 rings (SSSR count). The highest BCUT2D eigenvalue weighted by molar-refractivity contribution is 5.70. The Kier molecular flexibility index (Phi) is 8.13. The van der Waals surface area contributed by atoms with E-state index >= 15 is 0 Å². The molecule has 0 amide bonds. The van der Waals surface area contributed by atoms with E-state index in [-0.39, 0.29) is 17.9 Å². The van der Waals surface area contributed by atoms with Gasteiger partial charge in [0.15, 0.2) is 0 Å². The first-order valence-corrected chi connectivity index (χ1v) is 11.3. The van der Waals surface area contributed by atoms with E-state index in [1.165, 1.54) is 0 Å². The van der Waals surface area contributed by atoms with Crippen LogP contribution in [0.15, 0.2) is 28.7 Å². The molecule has 2 aromatic rings. The van der Waals surface area contributed by atoms with Crippen LogP contribution >= 0.6 is 0 Å². The van der Waals surface area contributed by atoms with Crippen molar-refractivity contribution in [3.63, 3.8) is 0 Å². The maximum absolute atomic E-state index is 11.5. The van der Waals surface area contributed by atoms with Crippen LogP contribution in [0, 0.1) is 24.7 Å². The van der Waals surface area contributed by atoms with E-state index in [1.54, 1.807) is 7.11 Å². The van der Waals surface area contributed by atoms with Crippen molar-refractivity contribution >= 4 is 5.97 Å². The summed E-state index contributed by atoms with van der Waals surface area (Å²) in [7, 11) is 1.64. The number of hydrogen-bond acceptors (Lipinski definition) is 5. The number of carboxylic acid groups (broad SMARTS) is 1. The minimum absolute atomic E-state index is 0.169. The number of hydrogen-bond donors (Lipinski definition) is 1. The molecule has 0 saturated heterocycles. The van der Waals surface area contributed by atoms with Crippen LogP contribution in [0.25, 0.3) is 11.5 Å². The number of carbonyl (C=O) groups is 1. The van der Waals surface area contributed by atoms with Crippen LogP contribution < -0.4 is 4.74 Å². The second-order valence-electron chi connectivity index (χ2n) is 8.99. The van der Waals surface area contributed by atoms with Crippen molar-refractivity contribution in [3.8, 4) is 17.2 Å². The van der Waals surface area contributed by atoms with Gasteiger partial charge >= 0.3 is 5.97 Å². The Morgan fingerprint density at radius 2 is 2.13 bits per heavy atom. The van der Waals surface area contributed by atoms with E-state index in [2.05, 4.69) is 4.98 Å². The highest BCUT2D eigenvalue weighted by atomic mass is 16.5. The molecule has 3 unspecified atom stereocenters. The summed E-state index contributed by atoms with van der Waals surface area (Å²) in [6, 6.07) is 7.66. The molecule has 0 spiro atoms. The molecule has 1 heterocycles. The summed E-state index contributed by atoms with van der Waals surface area (Å²) < 4.78 is 17.4. The summed E-state index contributed by atoms with van der Waals surface area (Å²) in [5.74, 6) is 1.88. The van der Waals surface area contributed by atoms with E-state index in [4.69, 9.17) is 13.9 Å². The predicted octanol–water partition coefficient (Wildman–Crippen LogP) is 5.87. The smallest absolute Gasteiger partial charge is 0.306 e. The zero-order valence-electron chi connectivity index (χ0n) is 19.1. The summed E-state index contributed by atoms with van der Waals surface area (Å²) in [5.41, 5.74) is 1.70. The lowest BCUT2D eigenvalue weighted by Gasteiger charge is -2.30. The Hall–Kier alpha value is -2.34. The second-order valence-corrected chi connectivity index (χ2v) is 8.99. The van der Waals surface area contributed by atoms with Crippen molar-refractivity contribution in [1.29, 1.82) is 0 Å². The molecule has 170 valence electrons. The Bertz CT molecular complexity index is 859. The van der Waals surface area contributed by atoms with Crippen LogP contribution in [0.3, 0.4) is 0 Å². The number of oxazole rings is 1. The summed E-state index contributed by atoms with van der Waals surface area (Å²) in [6.07, 6.45) is 6.22. The molecule has 6 heteroatoms. The third-order valence-electron chi connectivity index (χ3n) is 6.41. The predicted molar refractivity (Wildman–Crippen MR) is 119 cm³/mol. The third kappa shape index (κ3) is 6.33. The van der Waals surface area contributed by atoms with Crippen LogP contribution in [0.1, 0.15) is 63.8 Å². The van der Waals surface area contributed by atoms with Gasteiger partial charge < -0.3 is 19.0 Å².